The third kappa shape index (κ3) is 6.13. The number of ether oxygens (including phenoxy) is 1. The number of carbonyl (C=O) groups is 2. The Labute approximate surface area is 173 Å². The molecule has 2 aromatic carbocycles. The van der Waals surface area contributed by atoms with Crippen LogP contribution < -0.4 is 15.5 Å². The number of phenolic OH excluding ortho intramolecular Hbond substituents is 1. The second-order valence-corrected chi connectivity index (χ2v) is 6.82. The van der Waals surface area contributed by atoms with Crippen molar-refractivity contribution in [3.05, 3.63) is 50.4 Å². The van der Waals surface area contributed by atoms with E-state index >= 15 is 0 Å². The molecule has 0 fully saturated rings. The Morgan fingerprint density at radius 3 is 2.48 bits per heavy atom. The van der Waals surface area contributed by atoms with Gasteiger partial charge >= 0.3 is 11.8 Å². The predicted octanol–water partition coefficient (Wildman–Crippen LogP) is 3.95. The van der Waals surface area contributed by atoms with Crippen LogP contribution in [0, 0.1) is 0 Å². The number of carbonyl (C=O) groups excluding carboxylic acids is 2. The fourth-order valence-electron chi connectivity index (χ4n) is 1.96. The summed E-state index contributed by atoms with van der Waals surface area (Å²) in [5.41, 5.74) is 2.91. The van der Waals surface area contributed by atoms with Gasteiger partial charge in [0.15, 0.2) is 11.5 Å². The van der Waals surface area contributed by atoms with Crippen molar-refractivity contribution in [3.63, 3.8) is 0 Å². The first-order valence-electron chi connectivity index (χ1n) is 7.56. The van der Waals surface area contributed by atoms with E-state index in [9.17, 15) is 14.7 Å². The molecule has 0 atom stereocenters. The number of rotatable bonds is 5. The van der Waals surface area contributed by atoms with Gasteiger partial charge in [0.1, 0.15) is 0 Å². The zero-order chi connectivity index (χ0) is 20.0. The van der Waals surface area contributed by atoms with E-state index < -0.39 is 11.8 Å². The van der Waals surface area contributed by atoms with Crippen molar-refractivity contribution >= 4 is 62.8 Å². The van der Waals surface area contributed by atoms with Crippen LogP contribution in [0.2, 0.25) is 10.0 Å². The predicted molar refractivity (Wildman–Crippen MR) is 108 cm³/mol. The average Bonchev–Trinajstić information content (AvgIpc) is 2.58. The van der Waals surface area contributed by atoms with Gasteiger partial charge in [-0.1, -0.05) is 23.2 Å². The molecule has 27 heavy (non-hydrogen) atoms. The molecule has 142 valence electrons. The van der Waals surface area contributed by atoms with Gasteiger partial charge in [0.2, 0.25) is 0 Å². The number of hydrogen-bond donors (Lipinski definition) is 3. The van der Waals surface area contributed by atoms with Crippen LogP contribution in [-0.2, 0) is 9.59 Å². The highest BCUT2D eigenvalue weighted by atomic mass is 79.9. The molecule has 0 unspecified atom stereocenters. The second kappa shape index (κ2) is 9.59. The van der Waals surface area contributed by atoms with Crippen molar-refractivity contribution < 1.29 is 19.4 Å². The molecule has 0 bridgehead atoms. The lowest BCUT2D eigenvalue weighted by atomic mass is 10.2. The van der Waals surface area contributed by atoms with Gasteiger partial charge in [-0.3, -0.25) is 9.59 Å². The van der Waals surface area contributed by atoms with E-state index in [1.165, 1.54) is 30.5 Å². The summed E-state index contributed by atoms with van der Waals surface area (Å²) in [6.45, 7) is 2.14. The molecule has 7 nitrogen and oxygen atoms in total. The molecule has 0 heterocycles. The zero-order valence-electron chi connectivity index (χ0n) is 13.9. The van der Waals surface area contributed by atoms with Crippen LogP contribution in [0.1, 0.15) is 12.5 Å². The van der Waals surface area contributed by atoms with Crippen LogP contribution in [0.4, 0.5) is 5.69 Å². The van der Waals surface area contributed by atoms with Gasteiger partial charge in [-0.15, -0.1) is 0 Å². The molecule has 2 amide bonds. The number of halogens is 3. The SMILES string of the molecule is CCOc1cc(/C=N/NC(=O)C(=O)Nc2cc(Cl)cc(Cl)c2)cc(Br)c1O. The zero-order valence-corrected chi connectivity index (χ0v) is 17.0. The molecule has 0 aliphatic carbocycles. The van der Waals surface area contributed by atoms with Crippen LogP contribution in [0.15, 0.2) is 39.9 Å². The Morgan fingerprint density at radius 2 is 1.85 bits per heavy atom. The molecule has 0 saturated heterocycles. The molecular weight excluding hydrogens is 461 g/mol. The summed E-state index contributed by atoms with van der Waals surface area (Å²) in [4.78, 5) is 23.7. The molecule has 0 aromatic heterocycles. The lowest BCUT2D eigenvalue weighted by molar-refractivity contribution is -0.136. The Hall–Kier alpha value is -2.29. The number of nitrogens with one attached hydrogen (secondary N) is 2. The first-order chi connectivity index (χ1) is 12.8. The highest BCUT2D eigenvalue weighted by Gasteiger charge is 2.14. The van der Waals surface area contributed by atoms with E-state index in [0.29, 0.717) is 26.7 Å². The molecule has 0 saturated carbocycles. The third-order valence-electron chi connectivity index (χ3n) is 3.06. The maximum absolute atomic E-state index is 11.9. The van der Waals surface area contributed by atoms with Crippen LogP contribution in [0.5, 0.6) is 11.5 Å². The van der Waals surface area contributed by atoms with Crippen LogP contribution in [0.3, 0.4) is 0 Å². The number of aromatic hydroxyl groups is 1. The fraction of sp³-hybridized carbons (Fsp3) is 0.118. The summed E-state index contributed by atoms with van der Waals surface area (Å²) >= 11 is 14.9. The van der Waals surface area contributed by atoms with Gasteiger partial charge < -0.3 is 15.2 Å². The van der Waals surface area contributed by atoms with E-state index in [-0.39, 0.29) is 17.2 Å². The highest BCUT2D eigenvalue weighted by Crippen LogP contribution is 2.35. The van der Waals surface area contributed by atoms with Crippen LogP contribution in [-0.4, -0.2) is 29.7 Å². The van der Waals surface area contributed by atoms with Gasteiger partial charge in [0.25, 0.3) is 0 Å². The number of benzene rings is 2. The molecule has 0 spiro atoms. The summed E-state index contributed by atoms with van der Waals surface area (Å²) in [5.74, 6) is -1.70. The fourth-order valence-corrected chi connectivity index (χ4v) is 2.95. The maximum atomic E-state index is 11.9. The van der Waals surface area contributed by atoms with Gasteiger partial charge in [-0.05, 0) is 58.7 Å². The molecule has 0 radical (unpaired) electrons. The number of nitrogens with zero attached hydrogens (tertiary/aromatic N) is 1. The van der Waals surface area contributed by atoms with E-state index in [1.807, 2.05) is 0 Å². The first kappa shape index (κ1) is 21.0. The minimum Gasteiger partial charge on any atom is -0.503 e. The quantitative estimate of drug-likeness (QED) is 0.347. The van der Waals surface area contributed by atoms with E-state index in [4.69, 9.17) is 27.9 Å². The summed E-state index contributed by atoms with van der Waals surface area (Å²) in [7, 11) is 0. The van der Waals surface area contributed by atoms with Crippen molar-refractivity contribution in [1.29, 1.82) is 0 Å². The molecule has 10 heteroatoms. The first-order valence-corrected chi connectivity index (χ1v) is 9.10. The van der Waals surface area contributed by atoms with Crippen LogP contribution in [0.25, 0.3) is 0 Å². The summed E-state index contributed by atoms with van der Waals surface area (Å²) < 4.78 is 5.69. The summed E-state index contributed by atoms with van der Waals surface area (Å²) in [6, 6.07) is 7.50. The summed E-state index contributed by atoms with van der Waals surface area (Å²) in [6.07, 6.45) is 1.30. The van der Waals surface area contributed by atoms with Crippen molar-refractivity contribution in [2.75, 3.05) is 11.9 Å². The number of hydrogen-bond acceptors (Lipinski definition) is 5. The van der Waals surface area contributed by atoms with E-state index in [2.05, 4.69) is 31.8 Å². The topological polar surface area (TPSA) is 100 Å². The Balaban J connectivity index is 2.01. The second-order valence-electron chi connectivity index (χ2n) is 5.09. The van der Waals surface area contributed by atoms with Gasteiger partial charge in [0, 0.05) is 15.7 Å². The third-order valence-corrected chi connectivity index (χ3v) is 4.10. The van der Waals surface area contributed by atoms with E-state index in [1.54, 1.807) is 13.0 Å². The lowest BCUT2D eigenvalue weighted by Gasteiger charge is -2.08. The number of hydrazone groups is 1. The normalized spacial score (nSPS) is 10.7. The standard InChI is InChI=1S/C17H14BrCl2N3O4/c1-2-27-14-4-9(3-13(18)15(14)24)8-21-23-17(26)16(25)22-12-6-10(19)5-11(20)7-12/h3-8,24H,2H2,1H3,(H,22,25)(H,23,26)/b21-8+. The number of amides is 2. The average molecular weight is 475 g/mol. The molecule has 0 aliphatic heterocycles. The minimum absolute atomic E-state index is 0.0439. The Kier molecular flexibility index (Phi) is 7.46. The van der Waals surface area contributed by atoms with Gasteiger partial charge in [0.05, 0.1) is 17.3 Å². The van der Waals surface area contributed by atoms with Crippen molar-refractivity contribution in [2.24, 2.45) is 5.10 Å². The molecule has 2 rings (SSSR count). The largest absolute Gasteiger partial charge is 0.503 e. The Bertz CT molecular complexity index is 886. The van der Waals surface area contributed by atoms with Gasteiger partial charge in [-0.2, -0.15) is 5.10 Å². The maximum Gasteiger partial charge on any atom is 0.329 e. The van der Waals surface area contributed by atoms with Crippen molar-refractivity contribution in [3.8, 4) is 11.5 Å². The minimum atomic E-state index is -0.981. The van der Waals surface area contributed by atoms with Crippen molar-refractivity contribution in [1.82, 2.24) is 5.43 Å². The van der Waals surface area contributed by atoms with E-state index in [0.717, 1.165) is 0 Å². The van der Waals surface area contributed by atoms with Crippen LogP contribution >= 0.6 is 39.1 Å². The molecule has 3 N–H and O–H groups in total. The molecule has 2 aromatic rings. The molecule has 0 aliphatic rings. The smallest absolute Gasteiger partial charge is 0.329 e. The summed E-state index contributed by atoms with van der Waals surface area (Å²) in [5, 5.41) is 16.6. The monoisotopic (exact) mass is 473 g/mol. The van der Waals surface area contributed by atoms with Crippen molar-refractivity contribution in [2.45, 2.75) is 6.92 Å². The molecular formula is C17H14BrCl2N3O4. The number of anilines is 1. The Morgan fingerprint density at radius 1 is 1.19 bits per heavy atom. The highest BCUT2D eigenvalue weighted by molar-refractivity contribution is 9.10. The lowest BCUT2D eigenvalue weighted by Crippen LogP contribution is -2.32. The van der Waals surface area contributed by atoms with Gasteiger partial charge in [-0.25, -0.2) is 5.43 Å². The number of phenols is 1.